The standard InChI is InChI=1S/C28H29N3O2/c1-21-8-5-9-22(2)28(21)29-26(32)20-30-16-7-17-31(19-18-30)27(33)15-14-24-12-6-11-23-10-3-4-13-25(23)24/h3-6,8-13H,7,16-20H2,1-2H3,(H,29,32). The van der Waals surface area contributed by atoms with Crippen LogP contribution in [-0.4, -0.2) is 54.3 Å². The number of anilines is 1. The van der Waals surface area contributed by atoms with Crippen molar-refractivity contribution in [3.63, 3.8) is 0 Å². The molecule has 0 unspecified atom stereocenters. The number of para-hydroxylation sites is 1. The van der Waals surface area contributed by atoms with E-state index in [0.29, 0.717) is 26.2 Å². The predicted molar refractivity (Wildman–Crippen MR) is 133 cm³/mol. The van der Waals surface area contributed by atoms with Crippen molar-refractivity contribution in [2.45, 2.75) is 20.3 Å². The quantitative estimate of drug-likeness (QED) is 0.628. The molecule has 0 aromatic heterocycles. The summed E-state index contributed by atoms with van der Waals surface area (Å²) in [7, 11) is 0. The lowest BCUT2D eigenvalue weighted by Crippen LogP contribution is -2.37. The maximum atomic E-state index is 12.8. The largest absolute Gasteiger partial charge is 0.331 e. The fourth-order valence-electron chi connectivity index (χ4n) is 4.26. The van der Waals surface area contributed by atoms with E-state index in [4.69, 9.17) is 0 Å². The molecule has 1 heterocycles. The Kier molecular flexibility index (Phi) is 7.07. The van der Waals surface area contributed by atoms with Gasteiger partial charge in [-0.3, -0.25) is 14.5 Å². The highest BCUT2D eigenvalue weighted by Gasteiger charge is 2.20. The Morgan fingerprint density at radius 1 is 0.879 bits per heavy atom. The topological polar surface area (TPSA) is 52.7 Å². The van der Waals surface area contributed by atoms with Gasteiger partial charge in [0, 0.05) is 43.4 Å². The Morgan fingerprint density at radius 2 is 1.61 bits per heavy atom. The van der Waals surface area contributed by atoms with E-state index in [2.05, 4.69) is 22.1 Å². The number of benzene rings is 3. The summed E-state index contributed by atoms with van der Waals surface area (Å²) in [5.74, 6) is 5.71. The van der Waals surface area contributed by atoms with Gasteiger partial charge in [-0.1, -0.05) is 60.5 Å². The molecule has 0 saturated carbocycles. The van der Waals surface area contributed by atoms with Crippen molar-refractivity contribution in [1.82, 2.24) is 9.80 Å². The Balaban J connectivity index is 1.35. The molecule has 168 valence electrons. The molecule has 5 heteroatoms. The number of fused-ring (bicyclic) bond motifs is 1. The lowest BCUT2D eigenvalue weighted by Gasteiger charge is -2.21. The van der Waals surface area contributed by atoms with Crippen LogP contribution in [-0.2, 0) is 9.59 Å². The molecule has 0 bridgehead atoms. The third-order valence-electron chi connectivity index (χ3n) is 6.08. The molecule has 33 heavy (non-hydrogen) atoms. The average molecular weight is 440 g/mol. The number of rotatable bonds is 3. The van der Waals surface area contributed by atoms with Gasteiger partial charge in [0.15, 0.2) is 0 Å². The summed E-state index contributed by atoms with van der Waals surface area (Å²) in [6.07, 6.45) is 0.818. The van der Waals surface area contributed by atoms with Crippen molar-refractivity contribution in [3.8, 4) is 11.8 Å². The summed E-state index contributed by atoms with van der Waals surface area (Å²) < 4.78 is 0. The number of carbonyl (C=O) groups is 2. The highest BCUT2D eigenvalue weighted by molar-refractivity contribution is 5.96. The maximum Gasteiger partial charge on any atom is 0.298 e. The van der Waals surface area contributed by atoms with Crippen LogP contribution in [0.3, 0.4) is 0 Å². The van der Waals surface area contributed by atoms with Crippen LogP contribution in [0.2, 0.25) is 0 Å². The third-order valence-corrected chi connectivity index (χ3v) is 6.08. The molecule has 1 aliphatic heterocycles. The van der Waals surface area contributed by atoms with Crippen LogP contribution in [0.4, 0.5) is 5.69 Å². The summed E-state index contributed by atoms with van der Waals surface area (Å²) in [5.41, 5.74) is 3.86. The normalized spacial score (nSPS) is 14.3. The van der Waals surface area contributed by atoms with E-state index in [1.54, 1.807) is 4.90 Å². The zero-order chi connectivity index (χ0) is 23.2. The Hall–Kier alpha value is -3.62. The predicted octanol–water partition coefficient (Wildman–Crippen LogP) is 3.98. The number of hydrogen-bond acceptors (Lipinski definition) is 3. The van der Waals surface area contributed by atoms with E-state index in [-0.39, 0.29) is 11.8 Å². The molecule has 3 aromatic carbocycles. The van der Waals surface area contributed by atoms with E-state index < -0.39 is 0 Å². The van der Waals surface area contributed by atoms with Crippen LogP contribution in [0.15, 0.2) is 60.7 Å². The first kappa shape index (κ1) is 22.6. The number of nitrogens with zero attached hydrogens (tertiary/aromatic N) is 2. The summed E-state index contributed by atoms with van der Waals surface area (Å²) in [4.78, 5) is 29.3. The van der Waals surface area contributed by atoms with Gasteiger partial charge < -0.3 is 10.2 Å². The highest BCUT2D eigenvalue weighted by Crippen LogP contribution is 2.19. The second kappa shape index (κ2) is 10.3. The van der Waals surface area contributed by atoms with Gasteiger partial charge in [0.1, 0.15) is 0 Å². The Morgan fingerprint density at radius 3 is 2.42 bits per heavy atom. The number of amides is 2. The first-order chi connectivity index (χ1) is 16.0. The van der Waals surface area contributed by atoms with Crippen molar-refractivity contribution in [2.24, 2.45) is 0 Å². The number of carbonyl (C=O) groups excluding carboxylic acids is 2. The summed E-state index contributed by atoms with van der Waals surface area (Å²) in [5, 5.41) is 5.22. The van der Waals surface area contributed by atoms with Crippen molar-refractivity contribution >= 4 is 28.3 Å². The zero-order valence-corrected chi connectivity index (χ0v) is 19.2. The lowest BCUT2D eigenvalue weighted by molar-refractivity contribution is -0.124. The third kappa shape index (κ3) is 5.60. The molecular formula is C28H29N3O2. The van der Waals surface area contributed by atoms with Crippen molar-refractivity contribution < 1.29 is 9.59 Å². The molecule has 3 aromatic rings. The highest BCUT2D eigenvalue weighted by atomic mass is 16.2. The summed E-state index contributed by atoms with van der Waals surface area (Å²) in [6, 6.07) is 20.0. The molecule has 2 amide bonds. The second-order valence-electron chi connectivity index (χ2n) is 8.51. The summed E-state index contributed by atoms with van der Waals surface area (Å²) in [6.45, 7) is 6.96. The molecule has 0 aliphatic carbocycles. The minimum atomic E-state index is -0.162. The molecule has 1 aliphatic rings. The van der Waals surface area contributed by atoms with E-state index >= 15 is 0 Å². The number of nitrogens with one attached hydrogen (secondary N) is 1. The van der Waals surface area contributed by atoms with Gasteiger partial charge in [-0.15, -0.1) is 0 Å². The number of aryl methyl sites for hydroxylation is 2. The van der Waals surface area contributed by atoms with Gasteiger partial charge in [-0.25, -0.2) is 0 Å². The minimum Gasteiger partial charge on any atom is -0.331 e. The van der Waals surface area contributed by atoms with Gasteiger partial charge in [-0.05, 0) is 48.2 Å². The summed E-state index contributed by atoms with van der Waals surface area (Å²) >= 11 is 0. The van der Waals surface area contributed by atoms with Crippen LogP contribution in [0, 0.1) is 25.7 Å². The average Bonchev–Trinajstić information content (AvgIpc) is 3.05. The Bertz CT molecular complexity index is 1210. The molecule has 5 nitrogen and oxygen atoms in total. The van der Waals surface area contributed by atoms with Crippen molar-refractivity contribution in [3.05, 3.63) is 77.4 Å². The first-order valence-corrected chi connectivity index (χ1v) is 11.4. The Labute approximate surface area is 195 Å². The van der Waals surface area contributed by atoms with Crippen LogP contribution in [0.1, 0.15) is 23.1 Å². The van der Waals surface area contributed by atoms with Gasteiger partial charge >= 0.3 is 0 Å². The van der Waals surface area contributed by atoms with Gasteiger partial charge in [0.25, 0.3) is 5.91 Å². The molecule has 4 rings (SSSR count). The molecular weight excluding hydrogens is 410 g/mol. The van der Waals surface area contributed by atoms with E-state index in [0.717, 1.165) is 46.1 Å². The van der Waals surface area contributed by atoms with Gasteiger partial charge in [0.05, 0.1) is 6.54 Å². The zero-order valence-electron chi connectivity index (χ0n) is 19.2. The van der Waals surface area contributed by atoms with E-state index in [9.17, 15) is 9.59 Å². The molecule has 1 fully saturated rings. The first-order valence-electron chi connectivity index (χ1n) is 11.4. The smallest absolute Gasteiger partial charge is 0.298 e. The molecule has 0 radical (unpaired) electrons. The second-order valence-corrected chi connectivity index (χ2v) is 8.51. The van der Waals surface area contributed by atoms with Crippen LogP contribution >= 0.6 is 0 Å². The minimum absolute atomic E-state index is 0.0251. The van der Waals surface area contributed by atoms with Crippen molar-refractivity contribution in [2.75, 3.05) is 38.0 Å². The van der Waals surface area contributed by atoms with E-state index in [1.807, 2.05) is 74.5 Å². The van der Waals surface area contributed by atoms with Gasteiger partial charge in [-0.2, -0.15) is 0 Å². The maximum absolute atomic E-state index is 12.8. The van der Waals surface area contributed by atoms with Crippen LogP contribution < -0.4 is 5.32 Å². The number of hydrogen-bond donors (Lipinski definition) is 1. The van der Waals surface area contributed by atoms with Crippen LogP contribution in [0.5, 0.6) is 0 Å². The monoisotopic (exact) mass is 439 g/mol. The molecule has 1 N–H and O–H groups in total. The molecule has 0 atom stereocenters. The SMILES string of the molecule is Cc1cccc(C)c1NC(=O)CN1CCCN(C(=O)C#Cc2cccc3ccccc23)CC1. The van der Waals surface area contributed by atoms with Crippen LogP contribution in [0.25, 0.3) is 10.8 Å². The van der Waals surface area contributed by atoms with Crippen molar-refractivity contribution in [1.29, 1.82) is 0 Å². The van der Waals surface area contributed by atoms with Gasteiger partial charge in [0.2, 0.25) is 5.91 Å². The molecule has 0 spiro atoms. The lowest BCUT2D eigenvalue weighted by atomic mass is 10.1. The molecule has 1 saturated heterocycles. The fraction of sp³-hybridized carbons (Fsp3) is 0.286. The van der Waals surface area contributed by atoms with E-state index in [1.165, 1.54) is 0 Å². The fourth-order valence-corrected chi connectivity index (χ4v) is 4.26.